The summed E-state index contributed by atoms with van der Waals surface area (Å²) in [6.45, 7) is 1.02. The highest BCUT2D eigenvalue weighted by molar-refractivity contribution is 7.85. The molecule has 2 nitrogen and oxygen atoms in total. The summed E-state index contributed by atoms with van der Waals surface area (Å²) >= 11 is 0. The molecule has 1 unspecified atom stereocenters. The van der Waals surface area contributed by atoms with Crippen LogP contribution in [-0.2, 0) is 10.8 Å². The van der Waals surface area contributed by atoms with Crippen molar-refractivity contribution in [2.45, 2.75) is 11.8 Å². The molecule has 0 bridgehead atoms. The third kappa shape index (κ3) is 2.75. The van der Waals surface area contributed by atoms with E-state index in [1.165, 1.54) is 12.1 Å². The molecule has 0 aliphatic rings. The molecule has 0 aliphatic heterocycles. The zero-order chi connectivity index (χ0) is 11.4. The standard InChI is InChI=1S/C10H13F2NOS/c1-7-5-8(12)9(13-2)6-10(7)15(14)4-3-11/h5-6,13H,3-4H2,1-2H3. The van der Waals surface area contributed by atoms with E-state index in [1.807, 2.05) is 0 Å². The van der Waals surface area contributed by atoms with Gasteiger partial charge in [0.25, 0.3) is 0 Å². The molecule has 5 heteroatoms. The molecule has 15 heavy (non-hydrogen) atoms. The molecular formula is C10H13F2NOS. The van der Waals surface area contributed by atoms with Crippen molar-refractivity contribution in [3.8, 4) is 0 Å². The first kappa shape index (κ1) is 12.1. The fourth-order valence-electron chi connectivity index (χ4n) is 1.27. The Morgan fingerprint density at radius 2 is 2.13 bits per heavy atom. The van der Waals surface area contributed by atoms with E-state index in [-0.39, 0.29) is 11.4 Å². The van der Waals surface area contributed by atoms with E-state index in [0.29, 0.717) is 10.5 Å². The topological polar surface area (TPSA) is 29.1 Å². The van der Waals surface area contributed by atoms with Gasteiger partial charge in [-0.1, -0.05) is 0 Å². The molecule has 0 saturated carbocycles. The molecular weight excluding hydrogens is 220 g/mol. The fraction of sp³-hybridized carbons (Fsp3) is 0.400. The molecule has 0 aliphatic carbocycles. The maximum absolute atomic E-state index is 13.2. The molecule has 0 aromatic heterocycles. The van der Waals surface area contributed by atoms with Crippen LogP contribution in [0.25, 0.3) is 0 Å². The second-order valence-electron chi connectivity index (χ2n) is 3.09. The predicted octanol–water partition coefficient (Wildman–Crippen LogP) is 2.25. The number of benzene rings is 1. The van der Waals surface area contributed by atoms with Gasteiger partial charge in [0.15, 0.2) is 0 Å². The molecule has 0 spiro atoms. The Morgan fingerprint density at radius 3 is 2.67 bits per heavy atom. The zero-order valence-electron chi connectivity index (χ0n) is 8.64. The lowest BCUT2D eigenvalue weighted by molar-refractivity contribution is 0.528. The first-order valence-electron chi connectivity index (χ1n) is 4.52. The average molecular weight is 233 g/mol. The number of rotatable bonds is 4. The summed E-state index contributed by atoms with van der Waals surface area (Å²) in [4.78, 5) is 0.485. The highest BCUT2D eigenvalue weighted by atomic mass is 32.2. The van der Waals surface area contributed by atoms with Gasteiger partial charge < -0.3 is 5.32 Å². The predicted molar refractivity (Wildman–Crippen MR) is 57.9 cm³/mol. The van der Waals surface area contributed by atoms with Crippen molar-refractivity contribution in [2.75, 3.05) is 24.8 Å². The van der Waals surface area contributed by atoms with Crippen LogP contribution in [0, 0.1) is 12.7 Å². The lowest BCUT2D eigenvalue weighted by Gasteiger charge is -2.08. The third-order valence-electron chi connectivity index (χ3n) is 2.04. The maximum atomic E-state index is 13.2. The fourth-order valence-corrected chi connectivity index (χ4v) is 2.30. The van der Waals surface area contributed by atoms with Crippen LogP contribution in [0.15, 0.2) is 17.0 Å². The zero-order valence-corrected chi connectivity index (χ0v) is 9.46. The van der Waals surface area contributed by atoms with E-state index in [2.05, 4.69) is 5.32 Å². The monoisotopic (exact) mass is 233 g/mol. The number of anilines is 1. The third-order valence-corrected chi connectivity index (χ3v) is 3.50. The summed E-state index contributed by atoms with van der Waals surface area (Å²) in [5, 5.41) is 2.66. The van der Waals surface area contributed by atoms with E-state index in [9.17, 15) is 13.0 Å². The minimum Gasteiger partial charge on any atom is -0.386 e. The minimum absolute atomic E-state index is 0.0460. The Kier molecular flexibility index (Phi) is 4.20. The molecule has 84 valence electrons. The second kappa shape index (κ2) is 5.21. The lowest BCUT2D eigenvalue weighted by atomic mass is 10.2. The van der Waals surface area contributed by atoms with Crippen molar-refractivity contribution in [3.05, 3.63) is 23.5 Å². The van der Waals surface area contributed by atoms with Crippen molar-refractivity contribution in [2.24, 2.45) is 0 Å². The van der Waals surface area contributed by atoms with E-state index in [1.54, 1.807) is 14.0 Å². The Morgan fingerprint density at radius 1 is 1.47 bits per heavy atom. The first-order chi connectivity index (χ1) is 7.10. The molecule has 0 radical (unpaired) electrons. The smallest absolute Gasteiger partial charge is 0.146 e. The SMILES string of the molecule is CNc1cc(S(=O)CCF)c(C)cc1F. The van der Waals surface area contributed by atoms with Crippen LogP contribution in [0.2, 0.25) is 0 Å². The summed E-state index contributed by atoms with van der Waals surface area (Å²) in [5.74, 6) is -0.439. The van der Waals surface area contributed by atoms with Gasteiger partial charge in [0.2, 0.25) is 0 Å². The summed E-state index contributed by atoms with van der Waals surface area (Å²) in [6.07, 6.45) is 0. The number of hydrogen-bond acceptors (Lipinski definition) is 2. The van der Waals surface area contributed by atoms with Crippen LogP contribution in [0.3, 0.4) is 0 Å². The van der Waals surface area contributed by atoms with Crippen LogP contribution in [0.1, 0.15) is 5.56 Å². The number of alkyl halides is 1. The molecule has 1 atom stereocenters. The molecule has 1 aromatic carbocycles. The van der Waals surface area contributed by atoms with Gasteiger partial charge in [0, 0.05) is 11.9 Å². The largest absolute Gasteiger partial charge is 0.386 e. The number of aryl methyl sites for hydroxylation is 1. The van der Waals surface area contributed by atoms with Crippen LogP contribution >= 0.6 is 0 Å². The van der Waals surface area contributed by atoms with E-state index in [0.717, 1.165) is 0 Å². The average Bonchev–Trinajstić information content (AvgIpc) is 2.18. The van der Waals surface area contributed by atoms with Gasteiger partial charge in [-0.2, -0.15) is 0 Å². The number of nitrogens with one attached hydrogen (secondary N) is 1. The van der Waals surface area contributed by atoms with Crippen molar-refractivity contribution in [1.29, 1.82) is 0 Å². The highest BCUT2D eigenvalue weighted by Crippen LogP contribution is 2.22. The van der Waals surface area contributed by atoms with Gasteiger partial charge in [-0.3, -0.25) is 8.60 Å². The Labute approximate surface area is 90.1 Å². The summed E-state index contributed by atoms with van der Waals surface area (Å²) < 4.78 is 36.9. The van der Waals surface area contributed by atoms with Gasteiger partial charge in [-0.15, -0.1) is 0 Å². The van der Waals surface area contributed by atoms with Gasteiger partial charge in [0.05, 0.1) is 22.2 Å². The number of hydrogen-bond donors (Lipinski definition) is 1. The molecule has 1 rings (SSSR count). The van der Waals surface area contributed by atoms with E-state index >= 15 is 0 Å². The molecule has 0 fully saturated rings. The first-order valence-corrected chi connectivity index (χ1v) is 5.84. The number of halogens is 2. The van der Waals surface area contributed by atoms with Crippen LogP contribution in [0.4, 0.5) is 14.5 Å². The Hall–Kier alpha value is -0.970. The summed E-state index contributed by atoms with van der Waals surface area (Å²) in [7, 11) is 0.182. The van der Waals surface area contributed by atoms with Crippen LogP contribution in [-0.4, -0.2) is 23.7 Å². The molecule has 1 N–H and O–H groups in total. The summed E-state index contributed by atoms with van der Waals surface area (Å²) in [6, 6.07) is 2.77. The van der Waals surface area contributed by atoms with Crippen molar-refractivity contribution in [3.63, 3.8) is 0 Å². The van der Waals surface area contributed by atoms with Crippen molar-refractivity contribution >= 4 is 16.5 Å². The van der Waals surface area contributed by atoms with Crippen molar-refractivity contribution < 1.29 is 13.0 Å². The normalized spacial score (nSPS) is 12.5. The Balaban J connectivity index is 3.12. The van der Waals surface area contributed by atoms with E-state index < -0.39 is 23.3 Å². The minimum atomic E-state index is -1.40. The van der Waals surface area contributed by atoms with Gasteiger partial charge in [-0.25, -0.2) is 4.39 Å². The van der Waals surface area contributed by atoms with E-state index in [4.69, 9.17) is 0 Å². The summed E-state index contributed by atoms with van der Waals surface area (Å²) in [5.41, 5.74) is 0.862. The maximum Gasteiger partial charge on any atom is 0.146 e. The Bertz CT molecular complexity index is 382. The molecule has 1 aromatic rings. The molecule has 0 heterocycles. The lowest BCUT2D eigenvalue weighted by Crippen LogP contribution is -2.04. The van der Waals surface area contributed by atoms with Gasteiger partial charge >= 0.3 is 0 Å². The van der Waals surface area contributed by atoms with Crippen LogP contribution < -0.4 is 5.32 Å². The highest BCUT2D eigenvalue weighted by Gasteiger charge is 2.11. The van der Waals surface area contributed by atoms with Gasteiger partial charge in [-0.05, 0) is 24.6 Å². The molecule has 0 amide bonds. The second-order valence-corrected chi connectivity index (χ2v) is 4.63. The van der Waals surface area contributed by atoms with Crippen molar-refractivity contribution in [1.82, 2.24) is 0 Å². The van der Waals surface area contributed by atoms with Crippen LogP contribution in [0.5, 0.6) is 0 Å². The quantitative estimate of drug-likeness (QED) is 0.864. The van der Waals surface area contributed by atoms with Gasteiger partial charge in [0.1, 0.15) is 12.5 Å². The molecule has 0 saturated heterocycles.